The molecule has 0 atom stereocenters. The van der Waals surface area contributed by atoms with Crippen LogP contribution in [0, 0.1) is 0 Å². The molecular weight excluding hydrogens is 164 g/mol. The zero-order chi connectivity index (χ0) is 9.84. The monoisotopic (exact) mass is 178 g/mol. The van der Waals surface area contributed by atoms with E-state index in [1.165, 1.54) is 6.20 Å². The average Bonchev–Trinajstić information content (AvgIpc) is 2.51. The van der Waals surface area contributed by atoms with Crippen LogP contribution in [0.5, 0.6) is 0 Å². The highest BCUT2D eigenvalue weighted by atomic mass is 15.0. The van der Waals surface area contributed by atoms with Crippen LogP contribution >= 0.6 is 0 Å². The first-order chi connectivity index (χ1) is 6.15. The number of allylic oxidation sites excluding steroid dienone is 1. The van der Waals surface area contributed by atoms with Crippen LogP contribution in [0.1, 0.15) is 12.6 Å². The molecule has 1 rings (SSSR count). The first kappa shape index (κ1) is 9.38. The molecule has 0 aliphatic heterocycles. The Kier molecular flexibility index (Phi) is 2.74. The van der Waals surface area contributed by atoms with Crippen molar-refractivity contribution in [1.29, 1.82) is 0 Å². The van der Waals surface area contributed by atoms with Gasteiger partial charge >= 0.3 is 0 Å². The number of amidine groups is 1. The molecule has 0 unspecified atom stereocenters. The van der Waals surface area contributed by atoms with E-state index in [2.05, 4.69) is 4.99 Å². The van der Waals surface area contributed by atoms with Crippen LogP contribution in [0.25, 0.3) is 0 Å². The summed E-state index contributed by atoms with van der Waals surface area (Å²) >= 11 is 0. The Balaban J connectivity index is 2.98. The predicted octanol–water partition coefficient (Wildman–Crippen LogP) is 0.550. The lowest BCUT2D eigenvalue weighted by Crippen LogP contribution is -2.17. The van der Waals surface area contributed by atoms with Gasteiger partial charge in [-0.2, -0.15) is 0 Å². The fourth-order valence-electron chi connectivity index (χ4n) is 1.01. The number of hydrogen-bond donors (Lipinski definition) is 2. The third-order valence-electron chi connectivity index (χ3n) is 1.74. The number of aliphatic imine (C=N–C) groups is 1. The molecule has 4 nitrogen and oxygen atoms in total. The molecule has 0 amide bonds. The van der Waals surface area contributed by atoms with Crippen molar-refractivity contribution in [3.63, 3.8) is 0 Å². The highest BCUT2D eigenvalue weighted by Gasteiger charge is 2.00. The maximum atomic E-state index is 5.75. The molecule has 0 saturated heterocycles. The normalized spacial score (nSPS) is 13.4. The van der Waals surface area contributed by atoms with E-state index in [1.807, 2.05) is 29.9 Å². The maximum absolute atomic E-state index is 5.75. The Bertz CT molecular complexity index is 346. The molecule has 4 N–H and O–H groups in total. The summed E-state index contributed by atoms with van der Waals surface area (Å²) in [5, 5.41) is 0. The minimum Gasteiger partial charge on any atom is -0.403 e. The molecule has 0 fully saturated rings. The molecule has 0 radical (unpaired) electrons. The van der Waals surface area contributed by atoms with Crippen LogP contribution in [-0.2, 0) is 7.05 Å². The van der Waals surface area contributed by atoms with E-state index in [9.17, 15) is 0 Å². The number of hydrogen-bond acceptors (Lipinski definition) is 2. The third kappa shape index (κ3) is 2.11. The van der Waals surface area contributed by atoms with Crippen LogP contribution in [0.3, 0.4) is 0 Å². The van der Waals surface area contributed by atoms with Crippen molar-refractivity contribution in [3.05, 3.63) is 35.9 Å². The van der Waals surface area contributed by atoms with Gasteiger partial charge in [0.25, 0.3) is 0 Å². The number of aryl methyl sites for hydroxylation is 1. The molecule has 0 aliphatic carbocycles. The van der Waals surface area contributed by atoms with Crippen LogP contribution in [0.2, 0.25) is 0 Å². The first-order valence-electron chi connectivity index (χ1n) is 3.99. The molecule has 0 aliphatic rings. The second-order valence-electron chi connectivity index (χ2n) is 2.81. The van der Waals surface area contributed by atoms with E-state index < -0.39 is 0 Å². The van der Waals surface area contributed by atoms with Gasteiger partial charge in [0.2, 0.25) is 0 Å². The molecule has 70 valence electrons. The molecule has 13 heavy (non-hydrogen) atoms. The topological polar surface area (TPSA) is 69.3 Å². The smallest absolute Gasteiger partial charge is 0.147 e. The average molecular weight is 178 g/mol. The zero-order valence-electron chi connectivity index (χ0n) is 7.86. The minimum atomic E-state index is 0.478. The van der Waals surface area contributed by atoms with Crippen molar-refractivity contribution < 1.29 is 0 Å². The quantitative estimate of drug-likeness (QED) is 0.513. The Labute approximate surface area is 77.6 Å². The van der Waals surface area contributed by atoms with Crippen molar-refractivity contribution in [2.24, 2.45) is 23.5 Å². The highest BCUT2D eigenvalue weighted by Crippen LogP contribution is 2.01. The SMILES string of the molecule is C/C(=C/N)N=C(N)c1cccn1C. The van der Waals surface area contributed by atoms with E-state index in [4.69, 9.17) is 11.5 Å². The third-order valence-corrected chi connectivity index (χ3v) is 1.74. The van der Waals surface area contributed by atoms with Crippen LogP contribution in [0.4, 0.5) is 0 Å². The minimum absolute atomic E-state index is 0.478. The van der Waals surface area contributed by atoms with Crippen molar-refractivity contribution in [2.45, 2.75) is 6.92 Å². The molecule has 4 heteroatoms. The van der Waals surface area contributed by atoms with Gasteiger partial charge < -0.3 is 16.0 Å². The van der Waals surface area contributed by atoms with Gasteiger partial charge in [-0.25, -0.2) is 4.99 Å². The number of nitrogens with zero attached hydrogens (tertiary/aromatic N) is 2. The van der Waals surface area contributed by atoms with Crippen molar-refractivity contribution >= 4 is 5.84 Å². The Hall–Kier alpha value is -1.71. The molecule has 1 heterocycles. The van der Waals surface area contributed by atoms with Gasteiger partial charge in [-0.1, -0.05) is 0 Å². The molecule has 1 aromatic rings. The molecule has 0 spiro atoms. The Morgan fingerprint density at radius 2 is 2.31 bits per heavy atom. The zero-order valence-corrected chi connectivity index (χ0v) is 7.86. The van der Waals surface area contributed by atoms with Crippen LogP contribution < -0.4 is 11.5 Å². The second-order valence-corrected chi connectivity index (χ2v) is 2.81. The lowest BCUT2D eigenvalue weighted by Gasteiger charge is -2.01. The lowest BCUT2D eigenvalue weighted by molar-refractivity contribution is 0.911. The van der Waals surface area contributed by atoms with E-state index in [0.29, 0.717) is 11.5 Å². The first-order valence-corrected chi connectivity index (χ1v) is 3.99. The van der Waals surface area contributed by atoms with Crippen molar-refractivity contribution in [2.75, 3.05) is 0 Å². The van der Waals surface area contributed by atoms with Gasteiger partial charge in [0.15, 0.2) is 0 Å². The van der Waals surface area contributed by atoms with E-state index >= 15 is 0 Å². The molecule has 1 aromatic heterocycles. The van der Waals surface area contributed by atoms with Gasteiger partial charge in [-0.3, -0.25) is 0 Å². The summed E-state index contributed by atoms with van der Waals surface area (Å²) in [6.45, 7) is 1.80. The van der Waals surface area contributed by atoms with Crippen molar-refractivity contribution in [3.8, 4) is 0 Å². The fraction of sp³-hybridized carbons (Fsp3) is 0.222. The van der Waals surface area contributed by atoms with Gasteiger partial charge in [-0.15, -0.1) is 0 Å². The summed E-state index contributed by atoms with van der Waals surface area (Å²) in [6.07, 6.45) is 3.34. The van der Waals surface area contributed by atoms with Gasteiger partial charge in [-0.05, 0) is 19.1 Å². The largest absolute Gasteiger partial charge is 0.403 e. The van der Waals surface area contributed by atoms with E-state index in [-0.39, 0.29) is 0 Å². The molecule has 0 aromatic carbocycles. The summed E-state index contributed by atoms with van der Waals surface area (Å²) in [6, 6.07) is 3.82. The Morgan fingerprint density at radius 3 is 2.77 bits per heavy atom. The fourth-order valence-corrected chi connectivity index (χ4v) is 1.01. The predicted molar refractivity (Wildman–Crippen MR) is 54.1 cm³/mol. The van der Waals surface area contributed by atoms with E-state index in [1.54, 1.807) is 6.92 Å². The van der Waals surface area contributed by atoms with E-state index in [0.717, 1.165) is 5.69 Å². The standard InChI is InChI=1S/C9H14N4/c1-7(6-10)12-9(11)8-4-3-5-13(8)2/h3-6H,10H2,1-2H3,(H2,11,12)/b7-6-. The summed E-state index contributed by atoms with van der Waals surface area (Å²) in [7, 11) is 1.92. The van der Waals surface area contributed by atoms with Crippen LogP contribution in [0.15, 0.2) is 35.2 Å². The number of rotatable bonds is 2. The molecule has 0 bridgehead atoms. The van der Waals surface area contributed by atoms with Crippen LogP contribution in [-0.4, -0.2) is 10.4 Å². The summed E-state index contributed by atoms with van der Waals surface area (Å²) in [5.41, 5.74) is 12.6. The summed E-state index contributed by atoms with van der Waals surface area (Å²) < 4.78 is 1.91. The second kappa shape index (κ2) is 3.80. The molecule has 0 saturated carbocycles. The van der Waals surface area contributed by atoms with Crippen molar-refractivity contribution in [1.82, 2.24) is 4.57 Å². The maximum Gasteiger partial charge on any atom is 0.147 e. The Morgan fingerprint density at radius 1 is 1.62 bits per heavy atom. The molecular formula is C9H14N4. The number of nitrogens with two attached hydrogens (primary N) is 2. The highest BCUT2D eigenvalue weighted by molar-refractivity contribution is 5.96. The summed E-state index contributed by atoms with van der Waals surface area (Å²) in [5.74, 6) is 0.478. The summed E-state index contributed by atoms with van der Waals surface area (Å²) in [4.78, 5) is 4.11. The van der Waals surface area contributed by atoms with Gasteiger partial charge in [0.05, 0.1) is 11.4 Å². The van der Waals surface area contributed by atoms with Gasteiger partial charge in [0, 0.05) is 19.4 Å². The lowest BCUT2D eigenvalue weighted by atomic mass is 10.4. The van der Waals surface area contributed by atoms with Gasteiger partial charge in [0.1, 0.15) is 5.84 Å². The number of aromatic nitrogens is 1.